The van der Waals surface area contributed by atoms with Crippen LogP contribution in [0.5, 0.6) is 0 Å². The highest BCUT2D eigenvalue weighted by molar-refractivity contribution is 5.55. The van der Waals surface area contributed by atoms with Gasteiger partial charge in [-0.1, -0.05) is 13.8 Å². The van der Waals surface area contributed by atoms with Gasteiger partial charge in [-0.05, 0) is 37.8 Å². The van der Waals surface area contributed by atoms with Crippen LogP contribution in [0.15, 0.2) is 18.2 Å². The molecule has 1 N–H and O–H groups in total. The average Bonchev–Trinajstić information content (AvgIpc) is 2.19. The summed E-state index contributed by atoms with van der Waals surface area (Å²) in [6.45, 7) is 8.38. The summed E-state index contributed by atoms with van der Waals surface area (Å²) < 4.78 is 0. The molecule has 0 saturated heterocycles. The molecule has 4 heteroatoms. The average molecular weight is 236 g/mol. The Labute approximate surface area is 102 Å². The predicted molar refractivity (Wildman–Crippen MR) is 70.4 cm³/mol. The van der Waals surface area contributed by atoms with Gasteiger partial charge in [-0.25, -0.2) is 0 Å². The molecule has 0 aliphatic carbocycles. The van der Waals surface area contributed by atoms with Crippen molar-refractivity contribution in [1.29, 1.82) is 0 Å². The zero-order valence-electron chi connectivity index (χ0n) is 10.9. The van der Waals surface area contributed by atoms with Crippen LogP contribution in [-0.4, -0.2) is 11.0 Å². The fraction of sp³-hybridized carbons (Fsp3) is 0.538. The maximum absolute atomic E-state index is 10.6. The maximum Gasteiger partial charge on any atom is 0.269 e. The Bertz CT molecular complexity index is 402. The van der Waals surface area contributed by atoms with Gasteiger partial charge in [0.25, 0.3) is 5.69 Å². The Morgan fingerprint density at radius 1 is 1.35 bits per heavy atom. The summed E-state index contributed by atoms with van der Waals surface area (Å²) in [6.07, 6.45) is 1.08. The molecule has 0 radical (unpaired) electrons. The number of nitrogens with one attached hydrogen (secondary N) is 1. The minimum atomic E-state index is -0.367. The fourth-order valence-electron chi connectivity index (χ4n) is 1.95. The summed E-state index contributed by atoms with van der Waals surface area (Å²) in [6, 6.07) is 5.29. The molecule has 0 bridgehead atoms. The Balaban J connectivity index is 2.75. The first kappa shape index (κ1) is 13.5. The molecule has 0 heterocycles. The predicted octanol–water partition coefficient (Wildman–Crippen LogP) is 3.75. The molecule has 0 aliphatic heterocycles. The molecule has 4 nitrogen and oxygen atoms in total. The molecule has 0 aliphatic rings. The molecule has 0 saturated carbocycles. The lowest BCUT2D eigenvalue weighted by Gasteiger charge is -2.18. The quantitative estimate of drug-likeness (QED) is 0.625. The Morgan fingerprint density at radius 2 is 2.00 bits per heavy atom. The zero-order chi connectivity index (χ0) is 13.0. The van der Waals surface area contributed by atoms with Crippen molar-refractivity contribution >= 4 is 11.4 Å². The van der Waals surface area contributed by atoms with Crippen molar-refractivity contribution in [2.45, 2.75) is 40.2 Å². The van der Waals surface area contributed by atoms with E-state index in [-0.39, 0.29) is 10.6 Å². The van der Waals surface area contributed by atoms with Crippen LogP contribution in [0, 0.1) is 23.0 Å². The van der Waals surface area contributed by atoms with Crippen molar-refractivity contribution in [1.82, 2.24) is 0 Å². The van der Waals surface area contributed by atoms with E-state index in [2.05, 4.69) is 26.1 Å². The number of benzene rings is 1. The molecule has 0 spiro atoms. The van der Waals surface area contributed by atoms with E-state index >= 15 is 0 Å². The largest absolute Gasteiger partial charge is 0.382 e. The lowest BCUT2D eigenvalue weighted by molar-refractivity contribution is -0.384. The van der Waals surface area contributed by atoms with Crippen molar-refractivity contribution in [3.63, 3.8) is 0 Å². The highest BCUT2D eigenvalue weighted by atomic mass is 16.6. The summed E-state index contributed by atoms with van der Waals surface area (Å²) in [7, 11) is 0. The number of hydrogen-bond donors (Lipinski definition) is 1. The standard InChI is InChI=1S/C13H20N2O2/c1-9(2)7-11(4)14-13-6-5-12(15(16)17)8-10(13)3/h5-6,8-9,11,14H,7H2,1-4H3. The second-order valence-corrected chi connectivity index (χ2v) is 4.93. The van der Waals surface area contributed by atoms with E-state index < -0.39 is 0 Å². The molecule has 1 atom stereocenters. The molecule has 1 aromatic rings. The van der Waals surface area contributed by atoms with Crippen LogP contribution in [0.25, 0.3) is 0 Å². The number of hydrogen-bond acceptors (Lipinski definition) is 3. The minimum Gasteiger partial charge on any atom is -0.382 e. The van der Waals surface area contributed by atoms with Gasteiger partial charge in [-0.3, -0.25) is 10.1 Å². The van der Waals surface area contributed by atoms with E-state index in [0.717, 1.165) is 17.7 Å². The van der Waals surface area contributed by atoms with Crippen LogP contribution in [0.4, 0.5) is 11.4 Å². The third kappa shape index (κ3) is 4.06. The van der Waals surface area contributed by atoms with Crippen molar-refractivity contribution in [3.05, 3.63) is 33.9 Å². The summed E-state index contributed by atoms with van der Waals surface area (Å²) in [5, 5.41) is 14.0. The second-order valence-electron chi connectivity index (χ2n) is 4.93. The van der Waals surface area contributed by atoms with Crippen molar-refractivity contribution in [3.8, 4) is 0 Å². The van der Waals surface area contributed by atoms with Crippen molar-refractivity contribution in [2.24, 2.45) is 5.92 Å². The first-order chi connectivity index (χ1) is 7.90. The number of anilines is 1. The van der Waals surface area contributed by atoms with Gasteiger partial charge in [0.15, 0.2) is 0 Å². The van der Waals surface area contributed by atoms with Gasteiger partial charge >= 0.3 is 0 Å². The van der Waals surface area contributed by atoms with Crippen LogP contribution in [0.2, 0.25) is 0 Å². The number of non-ortho nitro benzene ring substituents is 1. The number of nitro groups is 1. The van der Waals surface area contributed by atoms with Crippen molar-refractivity contribution < 1.29 is 4.92 Å². The Kier molecular flexibility index (Phi) is 4.49. The summed E-state index contributed by atoms with van der Waals surface area (Å²) in [4.78, 5) is 10.3. The normalized spacial score (nSPS) is 12.5. The first-order valence-corrected chi connectivity index (χ1v) is 5.91. The van der Waals surface area contributed by atoms with Gasteiger partial charge in [0.2, 0.25) is 0 Å². The van der Waals surface area contributed by atoms with E-state index in [1.807, 2.05) is 6.92 Å². The molecule has 1 rings (SSSR count). The van der Waals surface area contributed by atoms with Crippen LogP contribution >= 0.6 is 0 Å². The molecule has 94 valence electrons. The van der Waals surface area contributed by atoms with Gasteiger partial charge in [0.1, 0.15) is 0 Å². The summed E-state index contributed by atoms with van der Waals surface area (Å²) in [5.74, 6) is 0.635. The zero-order valence-corrected chi connectivity index (χ0v) is 10.9. The van der Waals surface area contributed by atoms with Crippen molar-refractivity contribution in [2.75, 3.05) is 5.32 Å². The van der Waals surface area contributed by atoms with Gasteiger partial charge in [-0.15, -0.1) is 0 Å². The van der Waals surface area contributed by atoms with Crippen LogP contribution in [0.3, 0.4) is 0 Å². The number of rotatable bonds is 5. The lowest BCUT2D eigenvalue weighted by atomic mass is 10.0. The SMILES string of the molecule is Cc1cc([N+](=O)[O-])ccc1NC(C)CC(C)C. The molecule has 17 heavy (non-hydrogen) atoms. The van der Waals surface area contributed by atoms with Crippen LogP contribution in [0.1, 0.15) is 32.8 Å². The van der Waals surface area contributed by atoms with E-state index in [0.29, 0.717) is 12.0 Å². The molecule has 0 fully saturated rings. The molecule has 1 aromatic carbocycles. The Morgan fingerprint density at radius 3 is 2.47 bits per heavy atom. The van der Waals surface area contributed by atoms with Gasteiger partial charge in [-0.2, -0.15) is 0 Å². The third-order valence-electron chi connectivity index (χ3n) is 2.65. The molecule has 0 amide bonds. The lowest BCUT2D eigenvalue weighted by Crippen LogP contribution is -2.18. The van der Waals surface area contributed by atoms with Crippen LogP contribution < -0.4 is 5.32 Å². The molecular weight excluding hydrogens is 216 g/mol. The maximum atomic E-state index is 10.6. The monoisotopic (exact) mass is 236 g/mol. The summed E-state index contributed by atoms with van der Waals surface area (Å²) in [5.41, 5.74) is 2.03. The highest BCUT2D eigenvalue weighted by Crippen LogP contribution is 2.22. The number of nitrogens with zero attached hydrogens (tertiary/aromatic N) is 1. The van der Waals surface area contributed by atoms with E-state index in [4.69, 9.17) is 0 Å². The molecule has 0 aromatic heterocycles. The Hall–Kier alpha value is -1.58. The van der Waals surface area contributed by atoms with Crippen LogP contribution in [-0.2, 0) is 0 Å². The van der Waals surface area contributed by atoms with Gasteiger partial charge < -0.3 is 5.32 Å². The minimum absolute atomic E-state index is 0.143. The second kappa shape index (κ2) is 5.66. The van der Waals surface area contributed by atoms with Gasteiger partial charge in [0, 0.05) is 23.9 Å². The first-order valence-electron chi connectivity index (χ1n) is 5.91. The van der Waals surface area contributed by atoms with E-state index in [1.165, 1.54) is 6.07 Å². The molecule has 1 unspecified atom stereocenters. The smallest absolute Gasteiger partial charge is 0.269 e. The topological polar surface area (TPSA) is 55.2 Å². The number of aryl methyl sites for hydroxylation is 1. The fourth-order valence-corrected chi connectivity index (χ4v) is 1.95. The molecular formula is C13H20N2O2. The third-order valence-corrected chi connectivity index (χ3v) is 2.65. The summed E-state index contributed by atoms with van der Waals surface area (Å²) >= 11 is 0. The van der Waals surface area contributed by atoms with Gasteiger partial charge in [0.05, 0.1) is 4.92 Å². The van der Waals surface area contributed by atoms with E-state index in [9.17, 15) is 10.1 Å². The number of nitro benzene ring substituents is 1. The van der Waals surface area contributed by atoms with E-state index in [1.54, 1.807) is 12.1 Å². The highest BCUT2D eigenvalue weighted by Gasteiger charge is 2.10.